The quantitative estimate of drug-likeness (QED) is 0.686. The summed E-state index contributed by atoms with van der Waals surface area (Å²) in [7, 11) is 3.59. The van der Waals surface area contributed by atoms with Crippen LogP contribution in [0.25, 0.3) is 0 Å². The number of amides is 1. The zero-order valence-electron chi connectivity index (χ0n) is 16.2. The van der Waals surface area contributed by atoms with Crippen molar-refractivity contribution < 1.29 is 9.53 Å². The van der Waals surface area contributed by atoms with E-state index in [2.05, 4.69) is 27.5 Å². The molecule has 0 aliphatic carbocycles. The van der Waals surface area contributed by atoms with Gasteiger partial charge in [-0.3, -0.25) is 10.1 Å². The van der Waals surface area contributed by atoms with Crippen molar-refractivity contribution in [2.45, 2.75) is 0 Å². The van der Waals surface area contributed by atoms with Crippen LogP contribution in [0.5, 0.6) is 5.75 Å². The fourth-order valence-electron chi connectivity index (χ4n) is 3.15. The first-order valence-corrected chi connectivity index (χ1v) is 10.2. The zero-order chi connectivity index (χ0) is 21.0. The second kappa shape index (κ2) is 9.63. The van der Waals surface area contributed by atoms with E-state index in [1.165, 1.54) is 13.2 Å². The Bertz CT molecular complexity index is 917. The molecule has 1 heterocycles. The van der Waals surface area contributed by atoms with Crippen LogP contribution in [0, 0.1) is 0 Å². The lowest BCUT2D eigenvalue weighted by molar-refractivity contribution is 0.0975. The Morgan fingerprint density at radius 3 is 2.55 bits per heavy atom. The van der Waals surface area contributed by atoms with Gasteiger partial charge < -0.3 is 19.9 Å². The van der Waals surface area contributed by atoms with Gasteiger partial charge in [0.2, 0.25) is 0 Å². The van der Waals surface area contributed by atoms with E-state index in [9.17, 15) is 4.79 Å². The second-order valence-corrected chi connectivity index (χ2v) is 7.93. The van der Waals surface area contributed by atoms with E-state index in [4.69, 9.17) is 40.2 Å². The Kier molecular flexibility index (Phi) is 7.18. The molecule has 6 nitrogen and oxygen atoms in total. The molecule has 2 N–H and O–H groups in total. The number of para-hydroxylation sites is 1. The average Bonchev–Trinajstić information content (AvgIpc) is 2.69. The van der Waals surface area contributed by atoms with E-state index in [0.29, 0.717) is 21.4 Å². The molecule has 2 aromatic rings. The summed E-state index contributed by atoms with van der Waals surface area (Å²) in [6.07, 6.45) is 0. The lowest BCUT2D eigenvalue weighted by atomic mass is 10.2. The number of nitrogens with zero attached hydrogens (tertiary/aromatic N) is 2. The zero-order valence-corrected chi connectivity index (χ0v) is 18.5. The minimum Gasteiger partial charge on any atom is -0.496 e. The minimum absolute atomic E-state index is 0.162. The summed E-state index contributed by atoms with van der Waals surface area (Å²) >= 11 is 17.9. The molecule has 0 saturated carbocycles. The van der Waals surface area contributed by atoms with Crippen molar-refractivity contribution in [2.75, 3.05) is 50.6 Å². The van der Waals surface area contributed by atoms with Gasteiger partial charge >= 0.3 is 0 Å². The van der Waals surface area contributed by atoms with Gasteiger partial charge in [-0.2, -0.15) is 0 Å². The van der Waals surface area contributed by atoms with Crippen LogP contribution < -0.4 is 20.3 Å². The van der Waals surface area contributed by atoms with Crippen LogP contribution in [0.2, 0.25) is 10.0 Å². The summed E-state index contributed by atoms with van der Waals surface area (Å²) in [6.45, 7) is 3.60. The van der Waals surface area contributed by atoms with Crippen molar-refractivity contribution in [3.05, 3.63) is 52.0 Å². The number of hydrogen-bond acceptors (Lipinski definition) is 5. The molecule has 0 bridgehead atoms. The Balaban J connectivity index is 1.75. The molecule has 1 aliphatic heterocycles. The molecule has 1 aliphatic rings. The molecule has 1 saturated heterocycles. The summed E-state index contributed by atoms with van der Waals surface area (Å²) < 4.78 is 5.23. The first-order chi connectivity index (χ1) is 13.9. The van der Waals surface area contributed by atoms with Crippen molar-refractivity contribution in [3.8, 4) is 5.75 Å². The predicted molar refractivity (Wildman–Crippen MR) is 123 cm³/mol. The molecule has 0 atom stereocenters. The Hall–Kier alpha value is -2.06. The predicted octanol–water partition coefficient (Wildman–Crippen LogP) is 3.88. The second-order valence-electron chi connectivity index (χ2n) is 6.68. The fraction of sp³-hybridized carbons (Fsp3) is 0.300. The number of nitrogens with one attached hydrogen (secondary N) is 2. The number of benzene rings is 2. The monoisotopic (exact) mass is 452 g/mol. The topological polar surface area (TPSA) is 56.8 Å². The highest BCUT2D eigenvalue weighted by atomic mass is 35.5. The summed E-state index contributed by atoms with van der Waals surface area (Å²) in [4.78, 5) is 17.1. The number of ether oxygens (including phenoxy) is 1. The summed E-state index contributed by atoms with van der Waals surface area (Å²) in [6, 6.07) is 10.4. The molecule has 0 spiro atoms. The largest absolute Gasteiger partial charge is 0.496 e. The lowest BCUT2D eigenvalue weighted by Crippen LogP contribution is -2.45. The third kappa shape index (κ3) is 5.30. The Morgan fingerprint density at radius 2 is 1.86 bits per heavy atom. The van der Waals surface area contributed by atoms with Crippen LogP contribution in [0.1, 0.15) is 10.4 Å². The molecule has 0 radical (unpaired) electrons. The van der Waals surface area contributed by atoms with E-state index in [1.54, 1.807) is 12.1 Å². The molecule has 1 amide bonds. The summed E-state index contributed by atoms with van der Waals surface area (Å²) in [5.41, 5.74) is 1.92. The van der Waals surface area contributed by atoms with Crippen LogP contribution in [-0.2, 0) is 0 Å². The number of methoxy groups -OCH3 is 1. The maximum atomic E-state index is 12.6. The fourth-order valence-corrected chi connectivity index (χ4v) is 3.82. The maximum absolute atomic E-state index is 12.6. The van der Waals surface area contributed by atoms with Gasteiger partial charge in [-0.1, -0.05) is 29.3 Å². The van der Waals surface area contributed by atoms with Gasteiger partial charge in [0.25, 0.3) is 5.91 Å². The summed E-state index contributed by atoms with van der Waals surface area (Å²) in [5.74, 6) is 0.000562. The minimum atomic E-state index is -0.412. The van der Waals surface area contributed by atoms with Crippen LogP contribution in [-0.4, -0.2) is 56.3 Å². The van der Waals surface area contributed by atoms with Crippen molar-refractivity contribution in [2.24, 2.45) is 0 Å². The number of rotatable bonds is 4. The van der Waals surface area contributed by atoms with Gasteiger partial charge in [-0.15, -0.1) is 0 Å². The molecule has 2 aromatic carbocycles. The van der Waals surface area contributed by atoms with Crippen molar-refractivity contribution in [1.29, 1.82) is 0 Å². The van der Waals surface area contributed by atoms with E-state index in [-0.39, 0.29) is 5.11 Å². The number of piperazine rings is 1. The van der Waals surface area contributed by atoms with Gasteiger partial charge in [-0.25, -0.2) is 0 Å². The first-order valence-electron chi connectivity index (χ1n) is 9.07. The number of thiocarbonyl (C=S) groups is 1. The smallest absolute Gasteiger partial charge is 0.261 e. The molecular weight excluding hydrogens is 431 g/mol. The van der Waals surface area contributed by atoms with Crippen LogP contribution >= 0.6 is 35.4 Å². The molecular formula is C20H22Cl2N4O2S. The number of anilines is 2. The molecule has 9 heteroatoms. The third-order valence-electron chi connectivity index (χ3n) is 4.69. The summed E-state index contributed by atoms with van der Waals surface area (Å²) in [5, 5.41) is 7.00. The molecule has 0 unspecified atom stereocenters. The molecule has 1 fully saturated rings. The number of carbonyl (C=O) groups is 1. The van der Waals surface area contributed by atoms with E-state index < -0.39 is 5.91 Å². The molecule has 3 rings (SSSR count). The van der Waals surface area contributed by atoms with Crippen LogP contribution in [0.4, 0.5) is 11.4 Å². The van der Waals surface area contributed by atoms with Gasteiger partial charge in [0.15, 0.2) is 5.11 Å². The maximum Gasteiger partial charge on any atom is 0.261 e. The van der Waals surface area contributed by atoms with E-state index >= 15 is 0 Å². The van der Waals surface area contributed by atoms with Crippen molar-refractivity contribution >= 4 is 57.8 Å². The van der Waals surface area contributed by atoms with E-state index in [0.717, 1.165) is 37.6 Å². The van der Waals surface area contributed by atoms with Gasteiger partial charge in [-0.05, 0) is 49.6 Å². The molecule has 0 aromatic heterocycles. The molecule has 29 heavy (non-hydrogen) atoms. The first kappa shape index (κ1) is 21.6. The average molecular weight is 453 g/mol. The Labute approximate surface area is 185 Å². The van der Waals surface area contributed by atoms with Crippen LogP contribution in [0.15, 0.2) is 36.4 Å². The third-order valence-corrected chi connectivity index (χ3v) is 5.43. The van der Waals surface area contributed by atoms with E-state index in [1.807, 2.05) is 18.2 Å². The highest BCUT2D eigenvalue weighted by Crippen LogP contribution is 2.34. The number of carbonyl (C=O) groups excluding carboxylic acids is 1. The number of halogens is 2. The standard InChI is InChI=1S/C20H22Cl2N4O2S/c1-25-8-10-26(11-9-25)18-15(22)4-3-5-16(18)23-20(29)24-19(27)14-12-13(21)6-7-17(14)28-2/h3-7,12H,8-11H2,1-2H3,(H2,23,24,27,29). The Morgan fingerprint density at radius 1 is 1.14 bits per heavy atom. The SMILES string of the molecule is COc1ccc(Cl)cc1C(=O)NC(=S)Nc1cccc(Cl)c1N1CCN(C)CC1. The highest BCUT2D eigenvalue weighted by molar-refractivity contribution is 7.80. The van der Waals surface area contributed by atoms with Gasteiger partial charge in [0.05, 0.1) is 29.1 Å². The lowest BCUT2D eigenvalue weighted by Gasteiger charge is -2.35. The highest BCUT2D eigenvalue weighted by Gasteiger charge is 2.21. The van der Waals surface area contributed by atoms with Crippen molar-refractivity contribution in [3.63, 3.8) is 0 Å². The number of hydrogen-bond donors (Lipinski definition) is 2. The van der Waals surface area contributed by atoms with Crippen molar-refractivity contribution in [1.82, 2.24) is 10.2 Å². The van der Waals surface area contributed by atoms with Crippen LogP contribution in [0.3, 0.4) is 0 Å². The molecule has 154 valence electrons. The number of likely N-dealkylation sites (N-methyl/N-ethyl adjacent to an activating group) is 1. The normalized spacial score (nSPS) is 14.4. The van der Waals surface area contributed by atoms with Gasteiger partial charge in [0.1, 0.15) is 5.75 Å². The van der Waals surface area contributed by atoms with Gasteiger partial charge in [0, 0.05) is 31.2 Å².